The van der Waals surface area contributed by atoms with Gasteiger partial charge in [0.1, 0.15) is 0 Å². The number of aryl methyl sites for hydroxylation is 1. The summed E-state index contributed by atoms with van der Waals surface area (Å²) in [6.45, 7) is 1.87. The Labute approximate surface area is 161 Å². The van der Waals surface area contributed by atoms with Crippen LogP contribution in [0.2, 0.25) is 0 Å². The van der Waals surface area contributed by atoms with Crippen LogP contribution in [0.25, 0.3) is 28.1 Å². The van der Waals surface area contributed by atoms with Crippen LogP contribution in [-0.2, 0) is 11.3 Å². The van der Waals surface area contributed by atoms with Gasteiger partial charge in [0.15, 0.2) is 0 Å². The number of aliphatic hydroxyl groups excluding tert-OH is 1. The fraction of sp³-hybridized carbons (Fsp3) is 0.143. The number of pyridine rings is 1. The fourth-order valence-electron chi connectivity index (χ4n) is 3.11. The number of carbonyl (C=O) groups is 1. The van der Waals surface area contributed by atoms with E-state index in [9.17, 15) is 9.90 Å². The first-order valence-corrected chi connectivity index (χ1v) is 8.69. The van der Waals surface area contributed by atoms with E-state index in [0.29, 0.717) is 17.0 Å². The van der Waals surface area contributed by atoms with E-state index >= 15 is 0 Å². The highest BCUT2D eigenvalue weighted by molar-refractivity contribution is 5.96. The second kappa shape index (κ2) is 7.21. The Morgan fingerprint density at radius 3 is 2.61 bits per heavy atom. The maximum Gasteiger partial charge on any atom is 0.337 e. The van der Waals surface area contributed by atoms with E-state index in [0.717, 1.165) is 27.8 Å². The lowest BCUT2D eigenvalue weighted by Gasteiger charge is -2.06. The smallest absolute Gasteiger partial charge is 0.337 e. The zero-order chi connectivity index (χ0) is 19.7. The number of benzene rings is 1. The molecule has 0 radical (unpaired) electrons. The van der Waals surface area contributed by atoms with Crippen LogP contribution in [0.4, 0.5) is 0 Å². The second-order valence-electron chi connectivity index (χ2n) is 6.40. The topological polar surface area (TPSA) is 90.1 Å². The summed E-state index contributed by atoms with van der Waals surface area (Å²) < 4.78 is 6.55. The van der Waals surface area contributed by atoms with Gasteiger partial charge in [0.2, 0.25) is 5.95 Å². The molecule has 0 saturated carbocycles. The van der Waals surface area contributed by atoms with Gasteiger partial charge in [0.05, 0.1) is 30.5 Å². The lowest BCUT2D eigenvalue weighted by molar-refractivity contribution is 0.0601. The number of methoxy groups -OCH3 is 1. The molecule has 0 aliphatic heterocycles. The van der Waals surface area contributed by atoms with Crippen molar-refractivity contribution in [1.82, 2.24) is 19.5 Å². The molecule has 4 aromatic rings. The maximum absolute atomic E-state index is 11.9. The van der Waals surface area contributed by atoms with Crippen molar-refractivity contribution < 1.29 is 14.6 Å². The first-order valence-electron chi connectivity index (χ1n) is 8.69. The van der Waals surface area contributed by atoms with Crippen molar-refractivity contribution in [1.29, 1.82) is 0 Å². The molecule has 4 rings (SSSR count). The van der Waals surface area contributed by atoms with Gasteiger partial charge in [-0.05, 0) is 36.8 Å². The van der Waals surface area contributed by atoms with Gasteiger partial charge in [-0.2, -0.15) is 0 Å². The van der Waals surface area contributed by atoms with Gasteiger partial charge < -0.3 is 9.84 Å². The standard InChI is InChI=1S/C21H18N4O3/c1-13-5-6-22-18(7-13)15-9-23-21(24-10-15)25-11-16(12-26)17-4-3-14(8-19(17)25)20(27)28-2/h3-11,26H,12H2,1-2H3. The number of aromatic nitrogens is 4. The molecule has 0 amide bonds. The van der Waals surface area contributed by atoms with E-state index < -0.39 is 5.97 Å². The number of aliphatic hydroxyl groups is 1. The molecule has 0 spiro atoms. The molecule has 0 aliphatic rings. The number of carbonyl (C=O) groups excluding carboxylic acids is 1. The van der Waals surface area contributed by atoms with Crippen molar-refractivity contribution >= 4 is 16.9 Å². The minimum Gasteiger partial charge on any atom is -0.465 e. The Morgan fingerprint density at radius 2 is 1.93 bits per heavy atom. The van der Waals surface area contributed by atoms with Gasteiger partial charge in [0, 0.05) is 41.3 Å². The van der Waals surface area contributed by atoms with Gasteiger partial charge in [-0.25, -0.2) is 14.8 Å². The molecule has 7 heteroatoms. The lowest BCUT2D eigenvalue weighted by atomic mass is 10.1. The number of esters is 1. The number of ether oxygens (including phenoxy) is 1. The minimum absolute atomic E-state index is 0.133. The Bertz CT molecular complexity index is 1170. The monoisotopic (exact) mass is 374 g/mol. The molecule has 3 aromatic heterocycles. The summed E-state index contributed by atoms with van der Waals surface area (Å²) in [5, 5.41) is 10.5. The lowest BCUT2D eigenvalue weighted by Crippen LogP contribution is -2.03. The predicted molar refractivity (Wildman–Crippen MR) is 104 cm³/mol. The van der Waals surface area contributed by atoms with E-state index in [4.69, 9.17) is 4.74 Å². The summed E-state index contributed by atoms with van der Waals surface area (Å²) in [5.74, 6) is 0.00473. The molecule has 1 aromatic carbocycles. The third kappa shape index (κ3) is 3.12. The van der Waals surface area contributed by atoms with Crippen LogP contribution in [0.5, 0.6) is 0 Å². The van der Waals surface area contributed by atoms with Crippen LogP contribution in [0, 0.1) is 6.92 Å². The van der Waals surface area contributed by atoms with E-state index in [1.165, 1.54) is 7.11 Å². The minimum atomic E-state index is -0.429. The van der Waals surface area contributed by atoms with Crippen molar-refractivity contribution in [3.05, 3.63) is 71.8 Å². The van der Waals surface area contributed by atoms with Gasteiger partial charge >= 0.3 is 5.97 Å². The molecular formula is C21H18N4O3. The predicted octanol–water partition coefficient (Wildman–Crippen LogP) is 3.07. The van der Waals surface area contributed by atoms with Crippen molar-refractivity contribution in [2.24, 2.45) is 0 Å². The number of hydrogen-bond donors (Lipinski definition) is 1. The number of hydrogen-bond acceptors (Lipinski definition) is 6. The molecule has 28 heavy (non-hydrogen) atoms. The van der Waals surface area contributed by atoms with Crippen molar-refractivity contribution in [3.63, 3.8) is 0 Å². The highest BCUT2D eigenvalue weighted by Gasteiger charge is 2.15. The maximum atomic E-state index is 11.9. The Morgan fingerprint density at radius 1 is 1.14 bits per heavy atom. The summed E-state index contributed by atoms with van der Waals surface area (Å²) in [5.41, 5.74) is 4.56. The largest absolute Gasteiger partial charge is 0.465 e. The quantitative estimate of drug-likeness (QED) is 0.552. The Balaban J connectivity index is 1.80. The average molecular weight is 374 g/mol. The Hall–Kier alpha value is -3.58. The summed E-state index contributed by atoms with van der Waals surface area (Å²) in [7, 11) is 1.34. The third-order valence-electron chi connectivity index (χ3n) is 4.54. The number of rotatable bonds is 4. The molecule has 140 valence electrons. The molecule has 0 saturated heterocycles. The average Bonchev–Trinajstić information content (AvgIpc) is 3.11. The number of fused-ring (bicyclic) bond motifs is 1. The zero-order valence-corrected chi connectivity index (χ0v) is 15.5. The fourth-order valence-corrected chi connectivity index (χ4v) is 3.11. The van der Waals surface area contributed by atoms with Crippen LogP contribution >= 0.6 is 0 Å². The molecule has 0 unspecified atom stereocenters. The molecule has 0 atom stereocenters. The summed E-state index contributed by atoms with van der Waals surface area (Å²) in [4.78, 5) is 25.2. The summed E-state index contributed by atoms with van der Waals surface area (Å²) in [6.07, 6.45) is 6.93. The van der Waals surface area contributed by atoms with Gasteiger partial charge in [0.25, 0.3) is 0 Å². The molecular weight excluding hydrogens is 356 g/mol. The molecule has 0 aliphatic carbocycles. The highest BCUT2D eigenvalue weighted by atomic mass is 16.5. The van der Waals surface area contributed by atoms with Crippen molar-refractivity contribution in [2.45, 2.75) is 13.5 Å². The summed E-state index contributed by atoms with van der Waals surface area (Å²) in [6, 6.07) is 9.06. The van der Waals surface area contributed by atoms with E-state index in [-0.39, 0.29) is 6.61 Å². The van der Waals surface area contributed by atoms with E-state index in [1.54, 1.807) is 47.6 Å². The summed E-state index contributed by atoms with van der Waals surface area (Å²) >= 11 is 0. The van der Waals surface area contributed by atoms with E-state index in [1.807, 2.05) is 19.1 Å². The first kappa shape index (κ1) is 17.8. The van der Waals surface area contributed by atoms with Crippen molar-refractivity contribution in [2.75, 3.05) is 7.11 Å². The van der Waals surface area contributed by atoms with Gasteiger partial charge in [-0.1, -0.05) is 6.07 Å². The molecule has 7 nitrogen and oxygen atoms in total. The molecule has 1 N–H and O–H groups in total. The van der Waals surface area contributed by atoms with Crippen LogP contribution in [-0.4, -0.2) is 37.7 Å². The number of nitrogens with zero attached hydrogens (tertiary/aromatic N) is 4. The SMILES string of the molecule is COC(=O)c1ccc2c(CO)cn(-c3ncc(-c4cc(C)ccn4)cn3)c2c1. The normalized spacial score (nSPS) is 11.0. The van der Waals surface area contributed by atoms with Crippen LogP contribution < -0.4 is 0 Å². The zero-order valence-electron chi connectivity index (χ0n) is 15.5. The van der Waals surface area contributed by atoms with Crippen LogP contribution in [0.15, 0.2) is 55.1 Å². The van der Waals surface area contributed by atoms with Crippen LogP contribution in [0.1, 0.15) is 21.5 Å². The molecule has 3 heterocycles. The van der Waals surface area contributed by atoms with Crippen LogP contribution in [0.3, 0.4) is 0 Å². The third-order valence-corrected chi connectivity index (χ3v) is 4.54. The van der Waals surface area contributed by atoms with Gasteiger partial charge in [-0.15, -0.1) is 0 Å². The molecule has 0 bridgehead atoms. The van der Waals surface area contributed by atoms with Crippen molar-refractivity contribution in [3.8, 4) is 17.2 Å². The Kier molecular flexibility index (Phi) is 4.58. The van der Waals surface area contributed by atoms with E-state index in [2.05, 4.69) is 15.0 Å². The first-order chi connectivity index (χ1) is 13.6. The molecule has 0 fully saturated rings. The highest BCUT2D eigenvalue weighted by Crippen LogP contribution is 2.26. The van der Waals surface area contributed by atoms with Gasteiger partial charge in [-0.3, -0.25) is 9.55 Å². The second-order valence-corrected chi connectivity index (χ2v) is 6.40.